The van der Waals surface area contributed by atoms with Crippen LogP contribution in [0.4, 0.5) is 0 Å². The summed E-state index contributed by atoms with van der Waals surface area (Å²) in [7, 11) is -4.29. The van der Waals surface area contributed by atoms with Gasteiger partial charge in [0.15, 0.2) is 6.10 Å². The Bertz CT molecular complexity index is 922. The molecule has 258 valence electrons. The molecule has 0 heterocycles. The Balaban J connectivity index is 4.39. The van der Waals surface area contributed by atoms with Gasteiger partial charge in [-0.15, -0.1) is 0 Å². The van der Waals surface area contributed by atoms with E-state index in [0.29, 0.717) is 6.42 Å². The third-order valence-corrected chi connectivity index (χ3v) is 7.68. The molecule has 45 heavy (non-hydrogen) atoms. The van der Waals surface area contributed by atoms with Crippen LogP contribution in [0.5, 0.6) is 0 Å². The van der Waals surface area contributed by atoms with E-state index in [1.807, 2.05) is 12.2 Å². The minimum Gasteiger partial charge on any atom is -0.462 e. The maximum absolute atomic E-state index is 12.4. The van der Waals surface area contributed by atoms with Crippen molar-refractivity contribution in [3.05, 3.63) is 60.8 Å². The van der Waals surface area contributed by atoms with Crippen LogP contribution in [0.1, 0.15) is 130 Å². The number of allylic oxidation sites excluding steroid dienone is 9. The lowest BCUT2D eigenvalue weighted by Crippen LogP contribution is -2.29. The van der Waals surface area contributed by atoms with E-state index in [1.165, 1.54) is 44.9 Å². The Kier molecular flexibility index (Phi) is 30.1. The molecule has 0 saturated carbocycles. The number of esters is 2. The third-order valence-electron chi connectivity index (χ3n) is 6.62. The van der Waals surface area contributed by atoms with Gasteiger partial charge in [0.25, 0.3) is 0 Å². The molecule has 2 atom stereocenters. The van der Waals surface area contributed by atoms with Crippen molar-refractivity contribution < 1.29 is 37.6 Å². The Labute approximate surface area is 273 Å². The van der Waals surface area contributed by atoms with Crippen molar-refractivity contribution in [1.29, 1.82) is 0 Å². The van der Waals surface area contributed by atoms with Crippen LogP contribution in [0.2, 0.25) is 0 Å². The van der Waals surface area contributed by atoms with Crippen molar-refractivity contribution in [2.45, 2.75) is 136 Å². The number of carbonyl (C=O) groups excluding carboxylic acids is 2. The number of phosphoric acid groups is 1. The zero-order valence-electron chi connectivity index (χ0n) is 28.2. The van der Waals surface area contributed by atoms with Gasteiger partial charge in [0.2, 0.25) is 0 Å². The van der Waals surface area contributed by atoms with Crippen LogP contribution in [0.3, 0.4) is 0 Å². The molecular formula is C36H61O8P. The Morgan fingerprint density at radius 1 is 0.622 bits per heavy atom. The molecule has 0 bridgehead atoms. The van der Waals surface area contributed by atoms with Gasteiger partial charge in [-0.3, -0.25) is 18.6 Å². The molecule has 0 spiro atoms. The van der Waals surface area contributed by atoms with Crippen LogP contribution < -0.4 is 0 Å². The second-order valence-corrected chi connectivity index (χ2v) is 12.3. The quantitative estimate of drug-likeness (QED) is 0.0353. The minimum atomic E-state index is -4.29. The molecule has 0 rings (SSSR count). The zero-order chi connectivity index (χ0) is 33.3. The van der Waals surface area contributed by atoms with E-state index >= 15 is 0 Å². The van der Waals surface area contributed by atoms with Crippen molar-refractivity contribution >= 4 is 19.8 Å². The fourth-order valence-corrected chi connectivity index (χ4v) is 4.93. The van der Waals surface area contributed by atoms with Gasteiger partial charge in [0, 0.05) is 6.42 Å². The lowest BCUT2D eigenvalue weighted by atomic mass is 10.1. The van der Waals surface area contributed by atoms with Gasteiger partial charge >= 0.3 is 19.8 Å². The number of phosphoric ester groups is 1. The maximum atomic E-state index is 12.4. The van der Waals surface area contributed by atoms with Crippen molar-refractivity contribution in [3.63, 3.8) is 0 Å². The van der Waals surface area contributed by atoms with Crippen molar-refractivity contribution in [3.8, 4) is 0 Å². The first-order chi connectivity index (χ1) is 21.8. The van der Waals surface area contributed by atoms with Crippen LogP contribution in [-0.2, 0) is 32.7 Å². The highest BCUT2D eigenvalue weighted by molar-refractivity contribution is 7.47. The van der Waals surface area contributed by atoms with E-state index < -0.39 is 32.5 Å². The first-order valence-corrected chi connectivity index (χ1v) is 18.6. The molecule has 0 radical (unpaired) electrons. The first-order valence-electron chi connectivity index (χ1n) is 17.1. The molecule has 0 aromatic heterocycles. The summed E-state index contributed by atoms with van der Waals surface area (Å²) in [5.41, 5.74) is 0. The van der Waals surface area contributed by atoms with Gasteiger partial charge in [-0.1, -0.05) is 132 Å². The number of hydrogen-bond acceptors (Lipinski definition) is 7. The van der Waals surface area contributed by atoms with Crippen LogP contribution in [0, 0.1) is 0 Å². The molecule has 1 N–H and O–H groups in total. The standard InChI is InChI=1S/C36H61O8P/c1-4-7-9-11-13-15-17-18-19-20-21-23-25-27-29-31-36(38)44-34(33-43-45(39,40)42-6-3)32-41-35(37)30-28-26-24-22-16-14-12-10-8-5-2/h7,9,13,15,18-19,21,23,27,29,34H,4-6,8,10-12,14,16-17,20,22,24-26,28,30-33H2,1-3H3,(H,39,40)/b9-7-,15-13-,19-18-,23-21-,29-27-. The smallest absolute Gasteiger partial charge is 0.462 e. The highest BCUT2D eigenvalue weighted by Gasteiger charge is 2.25. The monoisotopic (exact) mass is 652 g/mol. The summed E-state index contributed by atoms with van der Waals surface area (Å²) < 4.78 is 32.2. The molecule has 0 aliphatic heterocycles. The molecule has 0 aliphatic rings. The van der Waals surface area contributed by atoms with Crippen LogP contribution in [-0.4, -0.2) is 42.8 Å². The van der Waals surface area contributed by atoms with Gasteiger partial charge in [-0.05, 0) is 45.4 Å². The molecule has 8 nitrogen and oxygen atoms in total. The predicted octanol–water partition coefficient (Wildman–Crippen LogP) is 10.0. The average molecular weight is 653 g/mol. The highest BCUT2D eigenvalue weighted by atomic mass is 31.2. The molecule has 0 aromatic rings. The predicted molar refractivity (Wildman–Crippen MR) is 184 cm³/mol. The van der Waals surface area contributed by atoms with Gasteiger partial charge < -0.3 is 14.4 Å². The Hall–Kier alpha value is -2.25. The number of unbranched alkanes of at least 4 members (excludes halogenated alkanes) is 9. The first kappa shape index (κ1) is 42.8. The molecule has 0 saturated heterocycles. The molecule has 0 amide bonds. The maximum Gasteiger partial charge on any atom is 0.472 e. The molecule has 0 fully saturated rings. The van der Waals surface area contributed by atoms with E-state index in [0.717, 1.165) is 44.9 Å². The van der Waals surface area contributed by atoms with Gasteiger partial charge in [-0.25, -0.2) is 4.57 Å². The summed E-state index contributed by atoms with van der Waals surface area (Å²) in [5.74, 6) is -0.953. The lowest BCUT2D eigenvalue weighted by Gasteiger charge is -2.19. The van der Waals surface area contributed by atoms with E-state index in [2.05, 4.69) is 56.4 Å². The Morgan fingerprint density at radius 2 is 1.11 bits per heavy atom. The highest BCUT2D eigenvalue weighted by Crippen LogP contribution is 2.43. The van der Waals surface area contributed by atoms with Gasteiger partial charge in [0.1, 0.15) is 6.61 Å². The molecule has 2 unspecified atom stereocenters. The Morgan fingerprint density at radius 3 is 1.62 bits per heavy atom. The fourth-order valence-electron chi connectivity index (χ4n) is 4.17. The van der Waals surface area contributed by atoms with Gasteiger partial charge in [-0.2, -0.15) is 0 Å². The minimum absolute atomic E-state index is 0.0127. The summed E-state index contributed by atoms with van der Waals surface area (Å²) in [6, 6.07) is 0. The van der Waals surface area contributed by atoms with Gasteiger partial charge in [0.05, 0.1) is 19.6 Å². The summed E-state index contributed by atoms with van der Waals surface area (Å²) in [6.07, 6.45) is 35.9. The largest absolute Gasteiger partial charge is 0.472 e. The SMILES string of the molecule is CC/C=C\C/C=C\C/C=C\C/C=C\C/C=C\CC(=O)OC(COC(=O)CCCCCCCCCCCC)COP(=O)(O)OCC. The molecular weight excluding hydrogens is 591 g/mol. The molecule has 0 aromatic carbocycles. The number of hydrogen-bond donors (Lipinski definition) is 1. The van der Waals surface area contributed by atoms with Crippen LogP contribution in [0.15, 0.2) is 60.8 Å². The topological polar surface area (TPSA) is 108 Å². The normalized spacial score (nSPS) is 14.3. The summed E-state index contributed by atoms with van der Waals surface area (Å²) in [5, 5.41) is 0. The van der Waals surface area contributed by atoms with E-state index in [1.54, 1.807) is 13.0 Å². The zero-order valence-corrected chi connectivity index (χ0v) is 29.1. The van der Waals surface area contributed by atoms with E-state index in [4.69, 9.17) is 18.5 Å². The lowest BCUT2D eigenvalue weighted by molar-refractivity contribution is -0.160. The molecule has 0 aliphatic carbocycles. The van der Waals surface area contributed by atoms with E-state index in [-0.39, 0.29) is 26.1 Å². The van der Waals surface area contributed by atoms with Crippen molar-refractivity contribution in [2.24, 2.45) is 0 Å². The second-order valence-electron chi connectivity index (χ2n) is 10.8. The van der Waals surface area contributed by atoms with Crippen molar-refractivity contribution in [2.75, 3.05) is 19.8 Å². The third kappa shape index (κ3) is 31.5. The summed E-state index contributed by atoms with van der Waals surface area (Å²) in [6.45, 7) is 5.19. The number of rotatable bonds is 30. The van der Waals surface area contributed by atoms with Crippen LogP contribution in [0.25, 0.3) is 0 Å². The number of carbonyl (C=O) groups is 2. The average Bonchev–Trinajstić information content (AvgIpc) is 3.01. The number of ether oxygens (including phenoxy) is 2. The summed E-state index contributed by atoms with van der Waals surface area (Å²) in [4.78, 5) is 34.3. The van der Waals surface area contributed by atoms with Crippen molar-refractivity contribution in [1.82, 2.24) is 0 Å². The van der Waals surface area contributed by atoms with Crippen LogP contribution >= 0.6 is 7.82 Å². The van der Waals surface area contributed by atoms with E-state index in [9.17, 15) is 19.0 Å². The summed E-state index contributed by atoms with van der Waals surface area (Å²) >= 11 is 0. The molecule has 9 heteroatoms. The second kappa shape index (κ2) is 31.7. The fraction of sp³-hybridized carbons (Fsp3) is 0.667.